The lowest BCUT2D eigenvalue weighted by atomic mass is 10.2. The van der Waals surface area contributed by atoms with Crippen molar-refractivity contribution in [1.82, 2.24) is 0 Å². The number of halogens is 2. The number of nitrogen functional groups attached to an aromatic ring is 1. The summed E-state index contributed by atoms with van der Waals surface area (Å²) in [4.78, 5) is 0. The predicted octanol–water partition coefficient (Wildman–Crippen LogP) is 3.64. The van der Waals surface area contributed by atoms with Crippen LogP contribution in [0.25, 0.3) is 0 Å². The number of nitrogens with two attached hydrogens (primary N) is 1. The van der Waals surface area contributed by atoms with Gasteiger partial charge in [0.05, 0.1) is 5.02 Å². The van der Waals surface area contributed by atoms with Crippen LogP contribution in [0.15, 0.2) is 42.5 Å². The Morgan fingerprint density at radius 2 is 1.94 bits per heavy atom. The van der Waals surface area contributed by atoms with Gasteiger partial charge in [-0.3, -0.25) is 0 Å². The molecular formula is C13H11ClFNO. The molecule has 0 bridgehead atoms. The summed E-state index contributed by atoms with van der Waals surface area (Å²) in [6, 6.07) is 11.7. The molecule has 2 N–H and O–H groups in total. The van der Waals surface area contributed by atoms with Gasteiger partial charge in [-0.1, -0.05) is 29.8 Å². The normalized spacial score (nSPS) is 10.2. The largest absolute Gasteiger partial charge is 0.489 e. The highest BCUT2D eigenvalue weighted by molar-refractivity contribution is 6.30. The number of ether oxygens (including phenoxy) is 1. The molecule has 0 atom stereocenters. The summed E-state index contributed by atoms with van der Waals surface area (Å²) < 4.78 is 18.6. The molecule has 0 radical (unpaired) electrons. The lowest BCUT2D eigenvalue weighted by Crippen LogP contribution is -2.00. The Morgan fingerprint density at radius 3 is 2.65 bits per heavy atom. The fourth-order valence-corrected chi connectivity index (χ4v) is 1.51. The van der Waals surface area contributed by atoms with Gasteiger partial charge in [0.2, 0.25) is 0 Å². The molecule has 0 amide bonds. The molecule has 0 saturated carbocycles. The van der Waals surface area contributed by atoms with Gasteiger partial charge in [-0.05, 0) is 18.2 Å². The van der Waals surface area contributed by atoms with Crippen molar-refractivity contribution in [3.05, 3.63) is 58.9 Å². The van der Waals surface area contributed by atoms with Gasteiger partial charge < -0.3 is 10.5 Å². The number of hydrogen-bond acceptors (Lipinski definition) is 2. The second kappa shape index (κ2) is 5.06. The van der Waals surface area contributed by atoms with E-state index in [1.54, 1.807) is 12.1 Å². The minimum atomic E-state index is -0.495. The van der Waals surface area contributed by atoms with Crippen LogP contribution in [0.4, 0.5) is 10.1 Å². The first-order valence-corrected chi connectivity index (χ1v) is 5.46. The molecule has 2 rings (SSSR count). The smallest absolute Gasteiger partial charge is 0.145 e. The quantitative estimate of drug-likeness (QED) is 0.846. The molecule has 4 heteroatoms. The van der Waals surface area contributed by atoms with E-state index in [-0.39, 0.29) is 5.02 Å². The summed E-state index contributed by atoms with van der Waals surface area (Å²) in [6.45, 7) is 0.299. The number of para-hydroxylation sites is 1. The van der Waals surface area contributed by atoms with Crippen LogP contribution in [0.5, 0.6) is 5.75 Å². The number of rotatable bonds is 3. The van der Waals surface area contributed by atoms with Gasteiger partial charge in [0.25, 0.3) is 0 Å². The van der Waals surface area contributed by atoms with Crippen molar-refractivity contribution >= 4 is 17.3 Å². The maximum atomic E-state index is 13.1. The van der Waals surface area contributed by atoms with Crippen molar-refractivity contribution in [2.45, 2.75) is 6.61 Å². The summed E-state index contributed by atoms with van der Waals surface area (Å²) in [5.41, 5.74) is 7.28. The van der Waals surface area contributed by atoms with Gasteiger partial charge >= 0.3 is 0 Å². The van der Waals surface area contributed by atoms with Gasteiger partial charge in [0.1, 0.15) is 18.2 Å². The maximum absolute atomic E-state index is 13.1. The lowest BCUT2D eigenvalue weighted by Gasteiger charge is -2.08. The number of anilines is 1. The molecule has 17 heavy (non-hydrogen) atoms. The van der Waals surface area contributed by atoms with Gasteiger partial charge in [-0.2, -0.15) is 0 Å². The van der Waals surface area contributed by atoms with Crippen LogP contribution in [-0.4, -0.2) is 0 Å². The highest BCUT2D eigenvalue weighted by Crippen LogP contribution is 2.22. The minimum Gasteiger partial charge on any atom is -0.489 e. The van der Waals surface area contributed by atoms with E-state index in [1.165, 1.54) is 12.1 Å². The Labute approximate surface area is 104 Å². The fourth-order valence-electron chi connectivity index (χ4n) is 1.39. The van der Waals surface area contributed by atoms with E-state index in [4.69, 9.17) is 22.1 Å². The van der Waals surface area contributed by atoms with Gasteiger partial charge in [-0.15, -0.1) is 0 Å². The van der Waals surface area contributed by atoms with E-state index in [1.807, 2.05) is 18.2 Å². The predicted molar refractivity (Wildman–Crippen MR) is 66.6 cm³/mol. The molecule has 2 aromatic rings. The number of hydrogen-bond donors (Lipinski definition) is 1. The van der Waals surface area contributed by atoms with Crippen LogP contribution in [-0.2, 0) is 6.61 Å². The van der Waals surface area contributed by atoms with Crippen LogP contribution in [0, 0.1) is 5.82 Å². The van der Waals surface area contributed by atoms with Crippen molar-refractivity contribution in [1.29, 1.82) is 0 Å². The molecule has 0 aliphatic rings. The van der Waals surface area contributed by atoms with Crippen molar-refractivity contribution in [3.8, 4) is 5.75 Å². The molecule has 0 aliphatic heterocycles. The van der Waals surface area contributed by atoms with E-state index >= 15 is 0 Å². The Hall–Kier alpha value is -1.74. The van der Waals surface area contributed by atoms with Crippen LogP contribution >= 0.6 is 11.6 Å². The third-order valence-electron chi connectivity index (χ3n) is 2.34. The second-order valence-corrected chi connectivity index (χ2v) is 3.97. The molecule has 88 valence electrons. The van der Waals surface area contributed by atoms with Crippen molar-refractivity contribution < 1.29 is 9.13 Å². The SMILES string of the molecule is Nc1ccccc1COc1ccc(Cl)c(F)c1. The first-order chi connectivity index (χ1) is 8.16. The van der Waals surface area contributed by atoms with Crippen LogP contribution < -0.4 is 10.5 Å². The third kappa shape index (κ3) is 2.88. The van der Waals surface area contributed by atoms with E-state index < -0.39 is 5.82 Å². The molecule has 0 heterocycles. The van der Waals surface area contributed by atoms with E-state index in [0.717, 1.165) is 5.56 Å². The van der Waals surface area contributed by atoms with Gasteiger partial charge in [0, 0.05) is 17.3 Å². The maximum Gasteiger partial charge on any atom is 0.145 e. The van der Waals surface area contributed by atoms with Crippen LogP contribution in [0.1, 0.15) is 5.56 Å². The summed E-state index contributed by atoms with van der Waals surface area (Å²) in [5, 5.41) is 0.0802. The third-order valence-corrected chi connectivity index (χ3v) is 2.65. The van der Waals surface area contributed by atoms with E-state index in [2.05, 4.69) is 0 Å². The first-order valence-electron chi connectivity index (χ1n) is 5.08. The first kappa shape index (κ1) is 11.7. The molecule has 2 aromatic carbocycles. The molecule has 0 saturated heterocycles. The highest BCUT2D eigenvalue weighted by Gasteiger charge is 2.03. The standard InChI is InChI=1S/C13H11ClFNO/c14-11-6-5-10(7-12(11)15)17-8-9-3-1-2-4-13(9)16/h1-7H,8,16H2. The lowest BCUT2D eigenvalue weighted by molar-refractivity contribution is 0.305. The molecule has 0 fully saturated rings. The van der Waals surface area contributed by atoms with Gasteiger partial charge in [-0.25, -0.2) is 4.39 Å². The fraction of sp³-hybridized carbons (Fsp3) is 0.0769. The zero-order valence-electron chi connectivity index (χ0n) is 8.99. The number of benzene rings is 2. The zero-order valence-corrected chi connectivity index (χ0v) is 9.75. The molecular weight excluding hydrogens is 241 g/mol. The van der Waals surface area contributed by atoms with Crippen molar-refractivity contribution in [3.63, 3.8) is 0 Å². The average Bonchev–Trinajstić information content (AvgIpc) is 2.32. The summed E-state index contributed by atoms with van der Waals surface area (Å²) >= 11 is 5.57. The van der Waals surface area contributed by atoms with E-state index in [9.17, 15) is 4.39 Å². The zero-order chi connectivity index (χ0) is 12.3. The Bertz CT molecular complexity index is 531. The molecule has 0 unspecified atom stereocenters. The molecule has 0 aliphatic carbocycles. The van der Waals surface area contributed by atoms with Crippen molar-refractivity contribution in [2.24, 2.45) is 0 Å². The Kier molecular flexibility index (Phi) is 3.49. The summed E-state index contributed by atoms with van der Waals surface area (Å²) in [5.74, 6) is -0.0691. The topological polar surface area (TPSA) is 35.2 Å². The molecule has 2 nitrogen and oxygen atoms in total. The second-order valence-electron chi connectivity index (χ2n) is 3.56. The highest BCUT2D eigenvalue weighted by atomic mass is 35.5. The van der Waals surface area contributed by atoms with Crippen LogP contribution in [0.3, 0.4) is 0 Å². The van der Waals surface area contributed by atoms with Crippen LogP contribution in [0.2, 0.25) is 5.02 Å². The van der Waals surface area contributed by atoms with E-state index in [0.29, 0.717) is 18.0 Å². The summed E-state index contributed by atoms with van der Waals surface area (Å²) in [7, 11) is 0. The molecule has 0 aromatic heterocycles. The minimum absolute atomic E-state index is 0.0802. The monoisotopic (exact) mass is 251 g/mol. The average molecular weight is 252 g/mol. The summed E-state index contributed by atoms with van der Waals surface area (Å²) in [6.07, 6.45) is 0. The Morgan fingerprint density at radius 1 is 1.18 bits per heavy atom. The van der Waals surface area contributed by atoms with Crippen molar-refractivity contribution in [2.75, 3.05) is 5.73 Å². The molecule has 0 spiro atoms. The Balaban J connectivity index is 2.08. The van der Waals surface area contributed by atoms with Gasteiger partial charge in [0.15, 0.2) is 0 Å².